The summed E-state index contributed by atoms with van der Waals surface area (Å²) in [7, 11) is 0. The van der Waals surface area contributed by atoms with Crippen LogP contribution < -0.4 is 5.32 Å². The van der Waals surface area contributed by atoms with Crippen LogP contribution in [0.15, 0.2) is 22.7 Å². The minimum absolute atomic E-state index is 0.448. The fourth-order valence-corrected chi connectivity index (χ4v) is 2.11. The first-order chi connectivity index (χ1) is 8.50. The molecule has 2 rings (SSSR count). The summed E-state index contributed by atoms with van der Waals surface area (Å²) in [5.74, 6) is 0.734. The van der Waals surface area contributed by atoms with Gasteiger partial charge in [0.15, 0.2) is 11.0 Å². The summed E-state index contributed by atoms with van der Waals surface area (Å²) in [5, 5.41) is 11.8. The lowest BCUT2D eigenvalue weighted by molar-refractivity contribution is 1.00. The van der Waals surface area contributed by atoms with Crippen molar-refractivity contribution in [2.75, 3.05) is 5.32 Å². The van der Waals surface area contributed by atoms with Crippen molar-refractivity contribution in [1.82, 2.24) is 10.2 Å². The van der Waals surface area contributed by atoms with Crippen LogP contribution in [0.4, 0.5) is 11.5 Å². The molecule has 1 N–H and O–H groups in total. The molecule has 1 aromatic heterocycles. The maximum absolute atomic E-state index is 5.94. The van der Waals surface area contributed by atoms with Crippen LogP contribution in [-0.2, 0) is 0 Å². The molecule has 0 aliphatic rings. The minimum Gasteiger partial charge on any atom is -0.338 e. The summed E-state index contributed by atoms with van der Waals surface area (Å²) in [6.45, 7) is 5.95. The van der Waals surface area contributed by atoms with Gasteiger partial charge in [-0.05, 0) is 49.6 Å². The van der Waals surface area contributed by atoms with Gasteiger partial charge in [-0.1, -0.05) is 33.6 Å². The highest BCUT2D eigenvalue weighted by atomic mass is 79.9. The zero-order chi connectivity index (χ0) is 13.3. The lowest BCUT2D eigenvalue weighted by Crippen LogP contribution is -2.02. The lowest BCUT2D eigenvalue weighted by Gasteiger charge is -2.13. The fraction of sp³-hybridized carbons (Fsp3) is 0.231. The first kappa shape index (κ1) is 13.3. The Bertz CT molecular complexity index is 599. The normalized spacial score (nSPS) is 10.5. The molecule has 0 saturated heterocycles. The molecule has 0 saturated carbocycles. The average molecular weight is 327 g/mol. The van der Waals surface area contributed by atoms with Crippen molar-refractivity contribution in [3.8, 4) is 0 Å². The molecule has 0 bridgehead atoms. The predicted octanol–water partition coefficient (Wildman–Crippen LogP) is 4.56. The van der Waals surface area contributed by atoms with Gasteiger partial charge in [0.25, 0.3) is 0 Å². The SMILES string of the molecule is Cc1c(Br)cccc1Nc1nnc(Cl)c(C)c1C. The summed E-state index contributed by atoms with van der Waals surface area (Å²) in [6.07, 6.45) is 0. The number of hydrogen-bond acceptors (Lipinski definition) is 3. The van der Waals surface area contributed by atoms with E-state index >= 15 is 0 Å². The van der Waals surface area contributed by atoms with E-state index in [1.165, 1.54) is 0 Å². The molecule has 0 amide bonds. The molecule has 0 aliphatic heterocycles. The van der Waals surface area contributed by atoms with Gasteiger partial charge in [0, 0.05) is 10.2 Å². The molecule has 0 unspecified atom stereocenters. The topological polar surface area (TPSA) is 37.8 Å². The Balaban J connectivity index is 2.41. The van der Waals surface area contributed by atoms with Crippen molar-refractivity contribution >= 4 is 39.0 Å². The molecular weight excluding hydrogens is 314 g/mol. The Morgan fingerprint density at radius 2 is 1.78 bits per heavy atom. The van der Waals surface area contributed by atoms with E-state index in [0.29, 0.717) is 5.15 Å². The van der Waals surface area contributed by atoms with Gasteiger partial charge in [-0.2, -0.15) is 0 Å². The van der Waals surface area contributed by atoms with E-state index < -0.39 is 0 Å². The summed E-state index contributed by atoms with van der Waals surface area (Å²) in [6, 6.07) is 5.99. The fourth-order valence-electron chi connectivity index (χ4n) is 1.57. The molecule has 5 heteroatoms. The first-order valence-electron chi connectivity index (χ1n) is 5.52. The zero-order valence-electron chi connectivity index (χ0n) is 10.4. The molecule has 3 nitrogen and oxygen atoms in total. The summed E-state index contributed by atoms with van der Waals surface area (Å²) < 4.78 is 1.06. The number of hydrogen-bond donors (Lipinski definition) is 1. The first-order valence-corrected chi connectivity index (χ1v) is 6.69. The van der Waals surface area contributed by atoms with Crippen LogP contribution in [0.1, 0.15) is 16.7 Å². The monoisotopic (exact) mass is 325 g/mol. The second-order valence-corrected chi connectivity index (χ2v) is 5.34. The molecule has 0 fully saturated rings. The van der Waals surface area contributed by atoms with E-state index in [1.807, 2.05) is 39.0 Å². The summed E-state index contributed by atoms with van der Waals surface area (Å²) >= 11 is 9.44. The third kappa shape index (κ3) is 2.49. The molecule has 0 atom stereocenters. The maximum Gasteiger partial charge on any atom is 0.156 e. The Hall–Kier alpha value is -1.13. The van der Waals surface area contributed by atoms with Crippen molar-refractivity contribution in [3.05, 3.63) is 44.5 Å². The zero-order valence-corrected chi connectivity index (χ0v) is 12.7. The Labute approximate surface area is 120 Å². The van der Waals surface area contributed by atoms with Gasteiger partial charge in [0.05, 0.1) is 0 Å². The number of nitrogens with zero attached hydrogens (tertiary/aromatic N) is 2. The highest BCUT2D eigenvalue weighted by molar-refractivity contribution is 9.10. The van der Waals surface area contributed by atoms with Gasteiger partial charge in [-0.3, -0.25) is 0 Å². The smallest absolute Gasteiger partial charge is 0.156 e. The van der Waals surface area contributed by atoms with Crippen LogP contribution in [0.2, 0.25) is 5.15 Å². The quantitative estimate of drug-likeness (QED) is 0.879. The van der Waals surface area contributed by atoms with Gasteiger partial charge < -0.3 is 5.32 Å². The van der Waals surface area contributed by atoms with E-state index in [4.69, 9.17) is 11.6 Å². The molecule has 2 aromatic rings. The van der Waals surface area contributed by atoms with Gasteiger partial charge in [-0.25, -0.2) is 0 Å². The molecule has 0 spiro atoms. The third-order valence-electron chi connectivity index (χ3n) is 2.99. The highest BCUT2D eigenvalue weighted by Gasteiger charge is 2.09. The van der Waals surface area contributed by atoms with Crippen molar-refractivity contribution in [2.24, 2.45) is 0 Å². The molecule has 94 valence electrons. The van der Waals surface area contributed by atoms with Gasteiger partial charge in [-0.15, -0.1) is 10.2 Å². The largest absolute Gasteiger partial charge is 0.338 e. The van der Waals surface area contributed by atoms with Crippen LogP contribution in [0.25, 0.3) is 0 Å². The summed E-state index contributed by atoms with van der Waals surface area (Å²) in [5.41, 5.74) is 4.09. The van der Waals surface area contributed by atoms with Gasteiger partial charge in [0.2, 0.25) is 0 Å². The average Bonchev–Trinajstić information content (AvgIpc) is 2.35. The van der Waals surface area contributed by atoms with E-state index in [9.17, 15) is 0 Å². The highest BCUT2D eigenvalue weighted by Crippen LogP contribution is 2.28. The summed E-state index contributed by atoms with van der Waals surface area (Å²) in [4.78, 5) is 0. The van der Waals surface area contributed by atoms with Gasteiger partial charge in [0.1, 0.15) is 0 Å². The van der Waals surface area contributed by atoms with Crippen LogP contribution in [0.5, 0.6) is 0 Å². The maximum atomic E-state index is 5.94. The second-order valence-electron chi connectivity index (χ2n) is 4.13. The van der Waals surface area contributed by atoms with Crippen LogP contribution >= 0.6 is 27.5 Å². The molecule has 1 aromatic carbocycles. The molecular formula is C13H13BrClN3. The number of aromatic nitrogens is 2. The minimum atomic E-state index is 0.448. The van der Waals surface area contributed by atoms with Crippen LogP contribution in [0, 0.1) is 20.8 Å². The van der Waals surface area contributed by atoms with Gasteiger partial charge >= 0.3 is 0 Å². The number of nitrogens with one attached hydrogen (secondary N) is 1. The van der Waals surface area contributed by atoms with E-state index in [1.54, 1.807) is 0 Å². The number of benzene rings is 1. The predicted molar refractivity (Wildman–Crippen MR) is 78.7 cm³/mol. The molecule has 18 heavy (non-hydrogen) atoms. The Kier molecular flexibility index (Phi) is 3.88. The van der Waals surface area contributed by atoms with E-state index in [0.717, 1.165) is 32.7 Å². The number of halogens is 2. The standard InChI is InChI=1S/C13H13BrClN3/c1-7-8(2)13(18-17-12(7)15)16-11-6-4-5-10(14)9(11)3/h4-6H,1-3H3,(H,16,18). The second kappa shape index (κ2) is 5.24. The van der Waals surface area contributed by atoms with Crippen LogP contribution in [-0.4, -0.2) is 10.2 Å². The molecule has 0 aliphatic carbocycles. The van der Waals surface area contributed by atoms with Crippen molar-refractivity contribution in [1.29, 1.82) is 0 Å². The van der Waals surface area contributed by atoms with E-state index in [2.05, 4.69) is 31.4 Å². The van der Waals surface area contributed by atoms with Crippen LogP contribution in [0.3, 0.4) is 0 Å². The molecule has 1 heterocycles. The Morgan fingerprint density at radius 1 is 1.06 bits per heavy atom. The molecule has 0 radical (unpaired) electrons. The Morgan fingerprint density at radius 3 is 2.50 bits per heavy atom. The van der Waals surface area contributed by atoms with E-state index in [-0.39, 0.29) is 0 Å². The number of anilines is 2. The lowest BCUT2D eigenvalue weighted by atomic mass is 10.1. The third-order valence-corrected chi connectivity index (χ3v) is 4.20. The van der Waals surface area contributed by atoms with Crippen molar-refractivity contribution in [3.63, 3.8) is 0 Å². The number of rotatable bonds is 2. The van der Waals surface area contributed by atoms with Crippen molar-refractivity contribution in [2.45, 2.75) is 20.8 Å². The van der Waals surface area contributed by atoms with Crippen molar-refractivity contribution < 1.29 is 0 Å².